The molecule has 14 heavy (non-hydrogen) atoms. The van der Waals surface area contributed by atoms with Crippen molar-refractivity contribution < 1.29 is 9.59 Å². The number of alkyl halides is 1. The van der Waals surface area contributed by atoms with Gasteiger partial charge in [0.25, 0.3) is 0 Å². The molecule has 1 saturated carbocycles. The first-order valence-corrected chi connectivity index (χ1v) is 5.17. The first-order valence-electron chi connectivity index (χ1n) is 4.63. The van der Waals surface area contributed by atoms with Gasteiger partial charge in [0.05, 0.1) is 0 Å². The minimum atomic E-state index is -0.476. The Morgan fingerprint density at radius 2 is 2.00 bits per heavy atom. The van der Waals surface area contributed by atoms with Gasteiger partial charge in [-0.2, -0.15) is 0 Å². The summed E-state index contributed by atoms with van der Waals surface area (Å²) in [7, 11) is 0. The third kappa shape index (κ3) is 3.18. The lowest BCUT2D eigenvalue weighted by Gasteiger charge is -2.25. The molecule has 0 saturated heterocycles. The van der Waals surface area contributed by atoms with Crippen LogP contribution in [0.1, 0.15) is 26.7 Å². The molecule has 1 aliphatic carbocycles. The van der Waals surface area contributed by atoms with Crippen LogP contribution in [0.15, 0.2) is 0 Å². The minimum absolute atomic E-state index is 0.197. The van der Waals surface area contributed by atoms with Crippen LogP contribution in [0.2, 0.25) is 0 Å². The van der Waals surface area contributed by atoms with Crippen LogP contribution in [-0.2, 0) is 4.79 Å². The molecule has 1 fully saturated rings. The fourth-order valence-electron chi connectivity index (χ4n) is 1.39. The Balaban J connectivity index is 2.35. The van der Waals surface area contributed by atoms with Gasteiger partial charge >= 0.3 is 6.03 Å². The normalized spacial score (nSPS) is 16.2. The van der Waals surface area contributed by atoms with E-state index in [0.29, 0.717) is 5.92 Å². The van der Waals surface area contributed by atoms with E-state index in [1.54, 1.807) is 0 Å². The zero-order chi connectivity index (χ0) is 10.8. The van der Waals surface area contributed by atoms with Crippen molar-refractivity contribution in [1.29, 1.82) is 0 Å². The van der Waals surface area contributed by atoms with Gasteiger partial charge in [-0.05, 0) is 32.6 Å². The number of imide groups is 1. The third-order valence-corrected chi connectivity index (χ3v) is 2.65. The van der Waals surface area contributed by atoms with Crippen LogP contribution in [0.5, 0.6) is 0 Å². The number of carbonyl (C=O) groups is 2. The number of halogens is 1. The van der Waals surface area contributed by atoms with Gasteiger partial charge < -0.3 is 5.32 Å². The van der Waals surface area contributed by atoms with Gasteiger partial charge in [-0.1, -0.05) is 0 Å². The van der Waals surface area contributed by atoms with Crippen molar-refractivity contribution in [3.8, 4) is 0 Å². The molecule has 3 amide bonds. The molecule has 0 atom stereocenters. The molecule has 5 heteroatoms. The summed E-state index contributed by atoms with van der Waals surface area (Å²) < 4.78 is 0. The fourth-order valence-corrected chi connectivity index (χ4v) is 1.46. The summed E-state index contributed by atoms with van der Waals surface area (Å²) in [5.74, 6) is -0.146. The summed E-state index contributed by atoms with van der Waals surface area (Å²) >= 11 is 5.25. The molecule has 0 heterocycles. The number of hydrogen-bond acceptors (Lipinski definition) is 2. The van der Waals surface area contributed by atoms with Gasteiger partial charge in [0.15, 0.2) is 0 Å². The summed E-state index contributed by atoms with van der Waals surface area (Å²) in [6, 6.07) is -0.465. The van der Waals surface area contributed by atoms with Crippen LogP contribution >= 0.6 is 11.6 Å². The molecule has 4 nitrogen and oxygen atoms in total. The lowest BCUT2D eigenvalue weighted by Crippen LogP contribution is -2.51. The van der Waals surface area contributed by atoms with E-state index in [4.69, 9.17) is 11.6 Å². The molecule has 80 valence electrons. The molecule has 0 aromatic carbocycles. The Labute approximate surface area is 88.4 Å². The molecular formula is C9H15ClN2O2. The zero-order valence-corrected chi connectivity index (χ0v) is 9.15. The van der Waals surface area contributed by atoms with Crippen LogP contribution < -0.4 is 10.6 Å². The quantitative estimate of drug-likeness (QED) is 0.701. The first-order chi connectivity index (χ1) is 6.45. The molecule has 1 rings (SSSR count). The third-order valence-electron chi connectivity index (χ3n) is 2.41. The number of rotatable bonds is 3. The summed E-state index contributed by atoms with van der Waals surface area (Å²) in [4.78, 5) is 22.0. The molecule has 1 aliphatic rings. The number of hydrogen-bond donors (Lipinski definition) is 2. The highest BCUT2D eigenvalue weighted by atomic mass is 35.5. The number of carbonyl (C=O) groups excluding carboxylic acids is 2. The Hall–Kier alpha value is -0.770. The van der Waals surface area contributed by atoms with Crippen molar-refractivity contribution in [3.05, 3.63) is 0 Å². The molecular weight excluding hydrogens is 204 g/mol. The van der Waals surface area contributed by atoms with Crippen molar-refractivity contribution in [1.82, 2.24) is 10.6 Å². The molecule has 0 aromatic rings. The highest BCUT2D eigenvalue weighted by Gasteiger charge is 2.38. The number of urea groups is 1. The van der Waals surface area contributed by atoms with Crippen LogP contribution in [0.4, 0.5) is 4.79 Å². The highest BCUT2D eigenvalue weighted by molar-refractivity contribution is 6.28. The van der Waals surface area contributed by atoms with E-state index >= 15 is 0 Å². The summed E-state index contributed by atoms with van der Waals surface area (Å²) in [5, 5.41) is 4.90. The Morgan fingerprint density at radius 3 is 2.43 bits per heavy atom. The summed E-state index contributed by atoms with van der Waals surface area (Å²) in [6.07, 6.45) is 2.27. The van der Waals surface area contributed by atoms with Gasteiger partial charge in [0.2, 0.25) is 5.91 Å². The second-order valence-electron chi connectivity index (χ2n) is 4.13. The van der Waals surface area contributed by atoms with E-state index in [1.807, 2.05) is 13.8 Å². The zero-order valence-electron chi connectivity index (χ0n) is 8.39. The van der Waals surface area contributed by atoms with E-state index in [-0.39, 0.29) is 11.4 Å². The maximum absolute atomic E-state index is 11.3. The van der Waals surface area contributed by atoms with Crippen LogP contribution in [0.25, 0.3) is 0 Å². The van der Waals surface area contributed by atoms with E-state index in [0.717, 1.165) is 12.8 Å². The van der Waals surface area contributed by atoms with Crippen LogP contribution in [0.3, 0.4) is 0 Å². The highest BCUT2D eigenvalue weighted by Crippen LogP contribution is 2.38. The molecule has 0 aromatic heterocycles. The average molecular weight is 219 g/mol. The molecule has 2 N–H and O–H groups in total. The maximum Gasteiger partial charge on any atom is 0.321 e. The number of amides is 3. The Morgan fingerprint density at radius 1 is 1.43 bits per heavy atom. The molecule has 0 radical (unpaired) electrons. The Bertz CT molecular complexity index is 249. The van der Waals surface area contributed by atoms with Gasteiger partial charge in [-0.15, -0.1) is 11.6 Å². The van der Waals surface area contributed by atoms with Crippen molar-refractivity contribution in [2.24, 2.45) is 5.92 Å². The average Bonchev–Trinajstić information content (AvgIpc) is 2.84. The monoisotopic (exact) mass is 218 g/mol. The van der Waals surface area contributed by atoms with Gasteiger partial charge in [0, 0.05) is 5.54 Å². The lowest BCUT2D eigenvalue weighted by molar-refractivity contribution is -0.117. The first kappa shape index (κ1) is 11.3. The summed E-state index contributed by atoms with van der Waals surface area (Å²) in [5.41, 5.74) is -0.239. The lowest BCUT2D eigenvalue weighted by atomic mass is 9.99. The van der Waals surface area contributed by atoms with Gasteiger partial charge in [0.1, 0.15) is 5.88 Å². The number of nitrogens with one attached hydrogen (secondary N) is 2. The second-order valence-corrected chi connectivity index (χ2v) is 4.40. The molecule has 0 unspecified atom stereocenters. The standard InChI is InChI=1S/C9H15ClN2O2/c1-9(2,6-3-4-6)12-8(14)11-7(13)5-10/h6H,3-5H2,1-2H3,(H2,11,12,13,14). The second kappa shape index (κ2) is 4.17. The van der Waals surface area contributed by atoms with Gasteiger partial charge in [-0.25, -0.2) is 4.79 Å². The predicted molar refractivity (Wildman–Crippen MR) is 54.2 cm³/mol. The topological polar surface area (TPSA) is 58.2 Å². The van der Waals surface area contributed by atoms with Crippen molar-refractivity contribution in [2.75, 3.05) is 5.88 Å². The van der Waals surface area contributed by atoms with Crippen molar-refractivity contribution >= 4 is 23.5 Å². The molecule has 0 spiro atoms. The predicted octanol–water partition coefficient (Wildman–Crippen LogP) is 1.24. The largest absolute Gasteiger partial charge is 0.333 e. The fraction of sp³-hybridized carbons (Fsp3) is 0.778. The van der Waals surface area contributed by atoms with Crippen molar-refractivity contribution in [3.63, 3.8) is 0 Å². The smallest absolute Gasteiger partial charge is 0.321 e. The van der Waals surface area contributed by atoms with E-state index < -0.39 is 11.9 Å². The van der Waals surface area contributed by atoms with E-state index in [1.165, 1.54) is 0 Å². The Kier molecular flexibility index (Phi) is 3.37. The van der Waals surface area contributed by atoms with E-state index in [2.05, 4.69) is 10.6 Å². The molecule has 0 aliphatic heterocycles. The SMILES string of the molecule is CC(C)(NC(=O)NC(=O)CCl)C1CC1. The maximum atomic E-state index is 11.3. The van der Waals surface area contributed by atoms with Crippen LogP contribution in [-0.4, -0.2) is 23.4 Å². The van der Waals surface area contributed by atoms with E-state index in [9.17, 15) is 9.59 Å². The van der Waals surface area contributed by atoms with Gasteiger partial charge in [-0.3, -0.25) is 10.1 Å². The molecule has 0 bridgehead atoms. The summed E-state index contributed by atoms with van der Waals surface area (Å²) in [6.45, 7) is 3.91. The van der Waals surface area contributed by atoms with Crippen molar-refractivity contribution in [2.45, 2.75) is 32.2 Å². The minimum Gasteiger partial charge on any atom is -0.333 e. The van der Waals surface area contributed by atoms with Crippen LogP contribution in [0, 0.1) is 5.92 Å².